The zero-order valence-electron chi connectivity index (χ0n) is 18.9. The summed E-state index contributed by atoms with van der Waals surface area (Å²) in [5.74, 6) is -0.303. The maximum absolute atomic E-state index is 13.1. The van der Waals surface area contributed by atoms with Crippen LogP contribution in [-0.4, -0.2) is 35.0 Å². The standard InChI is InChI=1S/C27H22FN3O4/c1-34-27(33)25(16-18-4-3-15-29-17-18)31-26(32)24-6-2-5-23(30-24)19-7-11-21(12-8-19)35-22-13-9-20(28)10-14-22/h2-15,17,25H,16H2,1H3,(H,31,32)/t25-/m0/s1. The van der Waals surface area contributed by atoms with Crippen LogP contribution >= 0.6 is 0 Å². The first-order valence-corrected chi connectivity index (χ1v) is 10.8. The molecule has 0 aliphatic rings. The highest BCUT2D eigenvalue weighted by molar-refractivity contribution is 5.95. The van der Waals surface area contributed by atoms with Crippen LogP contribution in [0.3, 0.4) is 0 Å². The predicted molar refractivity (Wildman–Crippen MR) is 127 cm³/mol. The fourth-order valence-electron chi connectivity index (χ4n) is 3.38. The molecule has 0 fully saturated rings. The zero-order valence-corrected chi connectivity index (χ0v) is 18.9. The quantitative estimate of drug-likeness (QED) is 0.378. The molecule has 0 saturated carbocycles. The summed E-state index contributed by atoms with van der Waals surface area (Å²) in [6, 6.07) is 20.6. The van der Waals surface area contributed by atoms with Crippen molar-refractivity contribution in [2.75, 3.05) is 7.11 Å². The molecule has 1 amide bonds. The van der Waals surface area contributed by atoms with Gasteiger partial charge in [0.15, 0.2) is 0 Å². The summed E-state index contributed by atoms with van der Waals surface area (Å²) >= 11 is 0. The first-order valence-electron chi connectivity index (χ1n) is 10.8. The van der Waals surface area contributed by atoms with Crippen molar-refractivity contribution in [1.29, 1.82) is 0 Å². The molecule has 8 heteroatoms. The number of halogens is 1. The second kappa shape index (κ2) is 11.0. The number of methoxy groups -OCH3 is 1. The van der Waals surface area contributed by atoms with E-state index in [1.807, 2.05) is 18.2 Å². The summed E-state index contributed by atoms with van der Waals surface area (Å²) < 4.78 is 23.6. The Morgan fingerprint density at radius 3 is 2.31 bits per heavy atom. The monoisotopic (exact) mass is 471 g/mol. The number of benzene rings is 2. The Hall–Kier alpha value is -4.59. The average Bonchev–Trinajstić information content (AvgIpc) is 2.90. The van der Waals surface area contributed by atoms with E-state index in [-0.39, 0.29) is 17.9 Å². The number of ether oxygens (including phenoxy) is 2. The van der Waals surface area contributed by atoms with Crippen LogP contribution in [-0.2, 0) is 16.0 Å². The minimum Gasteiger partial charge on any atom is -0.467 e. The van der Waals surface area contributed by atoms with E-state index in [0.29, 0.717) is 17.2 Å². The van der Waals surface area contributed by atoms with E-state index in [1.165, 1.54) is 19.2 Å². The zero-order chi connectivity index (χ0) is 24.6. The van der Waals surface area contributed by atoms with Gasteiger partial charge in [-0.15, -0.1) is 0 Å². The Kier molecular flexibility index (Phi) is 7.42. The molecule has 4 aromatic rings. The predicted octanol–water partition coefficient (Wildman–Crippen LogP) is 4.59. The van der Waals surface area contributed by atoms with Crippen LogP contribution < -0.4 is 10.1 Å². The van der Waals surface area contributed by atoms with Crippen molar-refractivity contribution < 1.29 is 23.5 Å². The van der Waals surface area contributed by atoms with Crippen LogP contribution in [0.4, 0.5) is 4.39 Å². The summed E-state index contributed by atoms with van der Waals surface area (Å²) in [5.41, 5.74) is 2.29. The van der Waals surface area contributed by atoms with E-state index in [1.54, 1.807) is 60.9 Å². The van der Waals surface area contributed by atoms with Gasteiger partial charge in [0.25, 0.3) is 5.91 Å². The van der Waals surface area contributed by atoms with Gasteiger partial charge in [-0.1, -0.05) is 12.1 Å². The summed E-state index contributed by atoms with van der Waals surface area (Å²) in [6.45, 7) is 0. The molecule has 4 rings (SSSR count). The van der Waals surface area contributed by atoms with Gasteiger partial charge in [-0.2, -0.15) is 0 Å². The number of esters is 1. The normalized spacial score (nSPS) is 11.4. The first-order chi connectivity index (χ1) is 17.0. The first kappa shape index (κ1) is 23.6. The van der Waals surface area contributed by atoms with Crippen molar-refractivity contribution in [3.63, 3.8) is 0 Å². The second-order valence-electron chi connectivity index (χ2n) is 7.60. The van der Waals surface area contributed by atoms with Gasteiger partial charge in [0.05, 0.1) is 12.8 Å². The molecule has 7 nitrogen and oxygen atoms in total. The molecule has 0 radical (unpaired) electrons. The van der Waals surface area contributed by atoms with Crippen LogP contribution in [0.15, 0.2) is 91.3 Å². The number of carbonyl (C=O) groups excluding carboxylic acids is 2. The number of nitrogens with zero attached hydrogens (tertiary/aromatic N) is 2. The third kappa shape index (κ3) is 6.26. The highest BCUT2D eigenvalue weighted by Gasteiger charge is 2.23. The SMILES string of the molecule is COC(=O)[C@H](Cc1cccnc1)NC(=O)c1cccc(-c2ccc(Oc3ccc(F)cc3)cc2)n1. The van der Waals surface area contributed by atoms with Crippen molar-refractivity contribution in [2.45, 2.75) is 12.5 Å². The van der Waals surface area contributed by atoms with Gasteiger partial charge in [0, 0.05) is 24.4 Å². The van der Waals surface area contributed by atoms with Crippen LogP contribution in [0.25, 0.3) is 11.3 Å². The number of hydrogen-bond acceptors (Lipinski definition) is 6. The van der Waals surface area contributed by atoms with E-state index < -0.39 is 17.9 Å². The third-order valence-corrected chi connectivity index (χ3v) is 5.13. The molecule has 1 atom stereocenters. The van der Waals surface area contributed by atoms with Crippen molar-refractivity contribution in [3.8, 4) is 22.8 Å². The summed E-state index contributed by atoms with van der Waals surface area (Å²) in [4.78, 5) is 33.6. The van der Waals surface area contributed by atoms with Gasteiger partial charge in [0.1, 0.15) is 29.1 Å². The fraction of sp³-hybridized carbons (Fsp3) is 0.111. The number of rotatable bonds is 8. The Bertz CT molecular complexity index is 1300. The van der Waals surface area contributed by atoms with Crippen molar-refractivity contribution in [1.82, 2.24) is 15.3 Å². The molecule has 0 bridgehead atoms. The Balaban J connectivity index is 1.46. The molecule has 0 spiro atoms. The largest absolute Gasteiger partial charge is 0.467 e. The molecular weight excluding hydrogens is 449 g/mol. The van der Waals surface area contributed by atoms with Gasteiger partial charge in [-0.3, -0.25) is 9.78 Å². The summed E-state index contributed by atoms with van der Waals surface area (Å²) in [5, 5.41) is 2.70. The highest BCUT2D eigenvalue weighted by Crippen LogP contribution is 2.25. The van der Waals surface area contributed by atoms with Crippen molar-refractivity contribution >= 4 is 11.9 Å². The summed E-state index contributed by atoms with van der Waals surface area (Å²) in [6.07, 6.45) is 3.50. The van der Waals surface area contributed by atoms with Crippen LogP contribution in [0.2, 0.25) is 0 Å². The topological polar surface area (TPSA) is 90.4 Å². The molecule has 176 valence electrons. The molecule has 0 unspecified atom stereocenters. The molecule has 2 heterocycles. The lowest BCUT2D eigenvalue weighted by Gasteiger charge is -2.16. The van der Waals surface area contributed by atoms with Crippen LogP contribution in [0, 0.1) is 5.82 Å². The molecule has 1 N–H and O–H groups in total. The number of amides is 1. The Labute approximate surface area is 201 Å². The van der Waals surface area contributed by atoms with E-state index >= 15 is 0 Å². The van der Waals surface area contributed by atoms with Gasteiger partial charge in [-0.05, 0) is 72.3 Å². The lowest BCUT2D eigenvalue weighted by atomic mass is 10.1. The Morgan fingerprint density at radius 2 is 1.66 bits per heavy atom. The minimum atomic E-state index is -0.884. The lowest BCUT2D eigenvalue weighted by molar-refractivity contribution is -0.142. The number of aromatic nitrogens is 2. The number of nitrogens with one attached hydrogen (secondary N) is 1. The van der Waals surface area contributed by atoms with Crippen LogP contribution in [0.1, 0.15) is 16.1 Å². The molecule has 35 heavy (non-hydrogen) atoms. The fourth-order valence-corrected chi connectivity index (χ4v) is 3.38. The maximum atomic E-state index is 13.1. The van der Waals surface area contributed by atoms with Gasteiger partial charge >= 0.3 is 5.97 Å². The maximum Gasteiger partial charge on any atom is 0.328 e. The molecule has 2 aromatic carbocycles. The second-order valence-corrected chi connectivity index (χ2v) is 7.60. The minimum absolute atomic E-state index is 0.161. The van der Waals surface area contributed by atoms with E-state index in [9.17, 15) is 14.0 Å². The summed E-state index contributed by atoms with van der Waals surface area (Å²) in [7, 11) is 1.27. The lowest BCUT2D eigenvalue weighted by Crippen LogP contribution is -2.43. The van der Waals surface area contributed by atoms with E-state index in [0.717, 1.165) is 11.1 Å². The van der Waals surface area contributed by atoms with Gasteiger partial charge < -0.3 is 14.8 Å². The van der Waals surface area contributed by atoms with Crippen LogP contribution in [0.5, 0.6) is 11.5 Å². The molecule has 2 aromatic heterocycles. The van der Waals surface area contributed by atoms with Gasteiger partial charge in [-0.25, -0.2) is 14.2 Å². The molecular formula is C27H22FN3O4. The number of pyridine rings is 2. The molecule has 0 aliphatic carbocycles. The smallest absolute Gasteiger partial charge is 0.328 e. The molecule has 0 saturated heterocycles. The molecule has 0 aliphatic heterocycles. The van der Waals surface area contributed by atoms with Gasteiger partial charge in [0.2, 0.25) is 0 Å². The Morgan fingerprint density at radius 1 is 0.943 bits per heavy atom. The number of carbonyl (C=O) groups is 2. The van der Waals surface area contributed by atoms with Crippen molar-refractivity contribution in [2.24, 2.45) is 0 Å². The van der Waals surface area contributed by atoms with Crippen molar-refractivity contribution in [3.05, 3.63) is 108 Å². The highest BCUT2D eigenvalue weighted by atomic mass is 19.1. The van der Waals surface area contributed by atoms with E-state index in [2.05, 4.69) is 15.3 Å². The van der Waals surface area contributed by atoms with E-state index in [4.69, 9.17) is 9.47 Å². The number of hydrogen-bond donors (Lipinski definition) is 1. The average molecular weight is 471 g/mol. The third-order valence-electron chi connectivity index (χ3n) is 5.13.